The second kappa shape index (κ2) is 12.0. The van der Waals surface area contributed by atoms with E-state index in [0.29, 0.717) is 28.3 Å². The molecule has 0 saturated carbocycles. The first-order valence-corrected chi connectivity index (χ1v) is 12.9. The van der Waals surface area contributed by atoms with E-state index in [4.69, 9.17) is 16.2 Å². The number of hydrogen-bond acceptors (Lipinski definition) is 5. The van der Waals surface area contributed by atoms with Crippen molar-refractivity contribution >= 4 is 29.2 Å². The molecule has 5 aromatic rings. The maximum Gasteiger partial charge on any atom is 0.343 e. The van der Waals surface area contributed by atoms with Crippen LogP contribution in [-0.2, 0) is 6.42 Å². The van der Waals surface area contributed by atoms with Crippen LogP contribution in [0.3, 0.4) is 0 Å². The van der Waals surface area contributed by atoms with Gasteiger partial charge in [0.2, 0.25) is 0 Å². The third-order valence-electron chi connectivity index (χ3n) is 6.55. The number of ether oxygens (including phenoxy) is 1. The second-order valence-corrected chi connectivity index (χ2v) is 9.44. The number of rotatable bonds is 8. The van der Waals surface area contributed by atoms with E-state index in [9.17, 15) is 9.59 Å². The van der Waals surface area contributed by atoms with Crippen LogP contribution in [0.5, 0.6) is 5.75 Å². The van der Waals surface area contributed by atoms with Gasteiger partial charge in [-0.3, -0.25) is 4.79 Å². The number of hydrogen-bond donors (Lipinski definition) is 2. The Balaban J connectivity index is 1.17. The summed E-state index contributed by atoms with van der Waals surface area (Å²) in [7, 11) is 0. The summed E-state index contributed by atoms with van der Waals surface area (Å²) in [6.45, 7) is 0. The van der Waals surface area contributed by atoms with Crippen molar-refractivity contribution in [3.63, 3.8) is 0 Å². The molecule has 0 amide bonds. The van der Waals surface area contributed by atoms with Gasteiger partial charge in [-0.05, 0) is 70.6 Å². The van der Waals surface area contributed by atoms with Crippen molar-refractivity contribution in [2.75, 3.05) is 11.5 Å². The van der Waals surface area contributed by atoms with Crippen molar-refractivity contribution in [3.8, 4) is 16.9 Å². The van der Waals surface area contributed by atoms with Gasteiger partial charge in [-0.25, -0.2) is 4.79 Å². The molecule has 5 aromatic carbocycles. The predicted octanol–water partition coefficient (Wildman–Crippen LogP) is 7.22. The molecule has 0 saturated heterocycles. The number of ketones is 1. The average Bonchev–Trinajstić information content (AvgIpc) is 2.99. The van der Waals surface area contributed by atoms with E-state index in [1.54, 1.807) is 30.3 Å². The van der Waals surface area contributed by atoms with Crippen molar-refractivity contribution in [2.24, 2.45) is 0 Å². The van der Waals surface area contributed by atoms with Crippen LogP contribution in [0.4, 0.5) is 11.4 Å². The molecule has 40 heavy (non-hydrogen) atoms. The molecular formula is C35H28N2O3. The lowest BCUT2D eigenvalue weighted by molar-refractivity contribution is 0.0734. The van der Waals surface area contributed by atoms with E-state index in [-0.39, 0.29) is 5.78 Å². The van der Waals surface area contributed by atoms with Gasteiger partial charge in [0.15, 0.2) is 5.78 Å². The van der Waals surface area contributed by atoms with Crippen molar-refractivity contribution in [3.05, 3.63) is 155 Å². The van der Waals surface area contributed by atoms with Crippen molar-refractivity contribution in [1.82, 2.24) is 0 Å². The summed E-state index contributed by atoms with van der Waals surface area (Å²) < 4.78 is 5.47. The monoisotopic (exact) mass is 524 g/mol. The second-order valence-electron chi connectivity index (χ2n) is 9.44. The van der Waals surface area contributed by atoms with Gasteiger partial charge in [0.25, 0.3) is 0 Å². The summed E-state index contributed by atoms with van der Waals surface area (Å²) >= 11 is 0. The summed E-state index contributed by atoms with van der Waals surface area (Å²) in [5.74, 6) is -0.0544. The van der Waals surface area contributed by atoms with Gasteiger partial charge >= 0.3 is 5.97 Å². The minimum absolute atomic E-state index is 0.0100. The Bertz CT molecular complexity index is 1660. The molecular weight excluding hydrogens is 496 g/mol. The summed E-state index contributed by atoms with van der Waals surface area (Å²) in [5, 5.41) is 0. The summed E-state index contributed by atoms with van der Waals surface area (Å²) in [6, 6.07) is 37.9. The molecule has 0 radical (unpaired) electrons. The highest BCUT2D eigenvalue weighted by Gasteiger charge is 2.10. The van der Waals surface area contributed by atoms with E-state index in [0.717, 1.165) is 23.1 Å². The zero-order valence-electron chi connectivity index (χ0n) is 21.8. The Kier molecular flexibility index (Phi) is 7.84. The molecule has 0 unspecified atom stereocenters. The highest BCUT2D eigenvalue weighted by Crippen LogP contribution is 2.25. The SMILES string of the molecule is Nc1ccc(C(=O)Oc2ccc(-c3ccc(Cc4ccc(/C=C/C(=O)c5ccccc5)cc4)cc3)cc2)cc1N. The third-order valence-corrected chi connectivity index (χ3v) is 6.55. The Hall–Kier alpha value is -5.42. The number of carbonyl (C=O) groups excluding carboxylic acids is 2. The number of anilines is 2. The number of carbonyl (C=O) groups is 2. The fourth-order valence-corrected chi connectivity index (χ4v) is 4.25. The third kappa shape index (κ3) is 6.52. The van der Waals surface area contributed by atoms with Crippen LogP contribution in [0.1, 0.15) is 37.4 Å². The van der Waals surface area contributed by atoms with Crippen LogP contribution in [0.2, 0.25) is 0 Å². The number of benzene rings is 5. The smallest absolute Gasteiger partial charge is 0.343 e. The molecule has 0 aliphatic heterocycles. The first-order chi connectivity index (χ1) is 19.4. The molecule has 0 atom stereocenters. The Labute approximate surface area is 233 Å². The van der Waals surface area contributed by atoms with Gasteiger partial charge in [0.05, 0.1) is 16.9 Å². The quantitative estimate of drug-likeness (QED) is 0.0734. The lowest BCUT2D eigenvalue weighted by Gasteiger charge is -2.08. The maximum atomic E-state index is 12.4. The van der Waals surface area contributed by atoms with E-state index >= 15 is 0 Å². The fourth-order valence-electron chi connectivity index (χ4n) is 4.25. The van der Waals surface area contributed by atoms with Crippen LogP contribution in [0, 0.1) is 0 Å². The van der Waals surface area contributed by atoms with Gasteiger partial charge < -0.3 is 16.2 Å². The highest BCUT2D eigenvalue weighted by molar-refractivity contribution is 6.06. The number of allylic oxidation sites excluding steroid dienone is 1. The lowest BCUT2D eigenvalue weighted by atomic mass is 9.99. The zero-order chi connectivity index (χ0) is 27.9. The summed E-state index contributed by atoms with van der Waals surface area (Å²) in [6.07, 6.45) is 4.25. The topological polar surface area (TPSA) is 95.4 Å². The van der Waals surface area contributed by atoms with Gasteiger partial charge in [0.1, 0.15) is 5.75 Å². The molecule has 0 fully saturated rings. The van der Waals surface area contributed by atoms with E-state index in [2.05, 4.69) is 36.4 Å². The van der Waals surface area contributed by atoms with Crippen LogP contribution >= 0.6 is 0 Å². The van der Waals surface area contributed by atoms with Crippen LogP contribution < -0.4 is 16.2 Å². The molecule has 0 aromatic heterocycles. The van der Waals surface area contributed by atoms with Crippen LogP contribution in [0.15, 0.2) is 127 Å². The highest BCUT2D eigenvalue weighted by atomic mass is 16.5. The largest absolute Gasteiger partial charge is 0.423 e. The van der Waals surface area contributed by atoms with Crippen molar-refractivity contribution in [1.29, 1.82) is 0 Å². The summed E-state index contributed by atoms with van der Waals surface area (Å²) in [5.41, 5.74) is 18.7. The zero-order valence-corrected chi connectivity index (χ0v) is 21.8. The van der Waals surface area contributed by atoms with Crippen molar-refractivity contribution < 1.29 is 14.3 Å². The normalized spacial score (nSPS) is 10.9. The first kappa shape index (κ1) is 26.2. The maximum absolute atomic E-state index is 12.4. The van der Waals surface area contributed by atoms with Crippen LogP contribution in [-0.4, -0.2) is 11.8 Å². The molecule has 0 aliphatic carbocycles. The molecule has 0 bridgehead atoms. The molecule has 0 aliphatic rings. The standard InChI is InChI=1S/C35H28N2O3/c36-32-20-17-30(23-33(32)37)35(39)40-31-18-15-28(16-19-31)27-13-10-26(11-14-27)22-25-8-6-24(7-9-25)12-21-34(38)29-4-2-1-3-5-29/h1-21,23H,22,36-37H2/b21-12+. The summed E-state index contributed by atoms with van der Waals surface area (Å²) in [4.78, 5) is 24.7. The fraction of sp³-hybridized carbons (Fsp3) is 0.0286. The average molecular weight is 525 g/mol. The number of esters is 1. The Morgan fingerprint density at radius 3 is 1.85 bits per heavy atom. The molecule has 196 valence electrons. The molecule has 5 heteroatoms. The Morgan fingerprint density at radius 1 is 0.625 bits per heavy atom. The minimum atomic E-state index is -0.492. The number of nitrogens with two attached hydrogens (primary N) is 2. The first-order valence-electron chi connectivity index (χ1n) is 12.9. The van der Waals surface area contributed by atoms with Gasteiger partial charge in [-0.15, -0.1) is 0 Å². The van der Waals surface area contributed by atoms with Gasteiger partial charge in [-0.2, -0.15) is 0 Å². The Morgan fingerprint density at radius 2 is 1.23 bits per heavy atom. The molecule has 4 N–H and O–H groups in total. The van der Waals surface area contributed by atoms with E-state index in [1.165, 1.54) is 17.2 Å². The lowest BCUT2D eigenvalue weighted by Crippen LogP contribution is -2.09. The molecule has 0 heterocycles. The number of nitrogen functional groups attached to an aromatic ring is 2. The predicted molar refractivity (Wildman–Crippen MR) is 161 cm³/mol. The van der Waals surface area contributed by atoms with E-state index in [1.807, 2.05) is 60.7 Å². The molecule has 0 spiro atoms. The van der Waals surface area contributed by atoms with E-state index < -0.39 is 5.97 Å². The van der Waals surface area contributed by atoms with Crippen LogP contribution in [0.25, 0.3) is 17.2 Å². The van der Waals surface area contributed by atoms with Gasteiger partial charge in [0, 0.05) is 5.56 Å². The minimum Gasteiger partial charge on any atom is -0.423 e. The molecule has 5 nitrogen and oxygen atoms in total. The van der Waals surface area contributed by atoms with Gasteiger partial charge in [-0.1, -0.05) is 97.1 Å². The van der Waals surface area contributed by atoms with Crippen molar-refractivity contribution in [2.45, 2.75) is 6.42 Å². The molecule has 5 rings (SSSR count).